The maximum atomic E-state index is 11.3. The van der Waals surface area contributed by atoms with E-state index in [0.717, 1.165) is 0 Å². The van der Waals surface area contributed by atoms with Gasteiger partial charge in [-0.25, -0.2) is 0 Å². The lowest BCUT2D eigenvalue weighted by molar-refractivity contribution is 0.247. The van der Waals surface area contributed by atoms with Gasteiger partial charge in [-0.2, -0.15) is 0 Å². The Balaban J connectivity index is 3.87. The van der Waals surface area contributed by atoms with Gasteiger partial charge < -0.3 is 4.52 Å². The van der Waals surface area contributed by atoms with Crippen LogP contribution in [0.4, 0.5) is 0 Å². The van der Waals surface area contributed by atoms with Crippen LogP contribution in [0.5, 0.6) is 0 Å². The second-order valence-electron chi connectivity index (χ2n) is 2.64. The van der Waals surface area contributed by atoms with Gasteiger partial charge in [0.2, 0.25) is 7.37 Å². The number of allylic oxidation sites excluding steroid dienone is 1. The fourth-order valence-electron chi connectivity index (χ4n) is 0.723. The van der Waals surface area contributed by atoms with E-state index in [9.17, 15) is 4.57 Å². The van der Waals surface area contributed by atoms with Crippen LogP contribution < -0.4 is 0 Å². The van der Waals surface area contributed by atoms with Gasteiger partial charge in [-0.05, 0) is 13.8 Å². The van der Waals surface area contributed by atoms with Gasteiger partial charge in [0, 0.05) is 12.8 Å². The summed E-state index contributed by atoms with van der Waals surface area (Å²) in [6, 6.07) is 0. The van der Waals surface area contributed by atoms with Crippen molar-refractivity contribution in [2.45, 2.75) is 20.0 Å². The zero-order chi connectivity index (χ0) is 8.20. The maximum Gasteiger partial charge on any atom is 0.204 e. The van der Waals surface area contributed by atoms with Crippen LogP contribution in [0.15, 0.2) is 12.7 Å². The molecule has 0 aliphatic rings. The van der Waals surface area contributed by atoms with E-state index in [4.69, 9.17) is 4.52 Å². The largest absolute Gasteiger partial charge is 0.326 e. The molecule has 0 N–H and O–H groups in total. The monoisotopic (exact) mass is 162 g/mol. The molecule has 0 aliphatic carbocycles. The molecular weight excluding hydrogens is 147 g/mol. The van der Waals surface area contributed by atoms with Crippen molar-refractivity contribution >= 4 is 7.37 Å². The van der Waals surface area contributed by atoms with Gasteiger partial charge in [0.1, 0.15) is 0 Å². The van der Waals surface area contributed by atoms with Gasteiger partial charge >= 0.3 is 0 Å². The molecule has 60 valence electrons. The van der Waals surface area contributed by atoms with E-state index in [1.165, 1.54) is 0 Å². The Morgan fingerprint density at radius 1 is 1.70 bits per heavy atom. The Hall–Kier alpha value is -0.0700. The predicted octanol–water partition coefficient (Wildman–Crippen LogP) is 2.51. The molecular formula is C7H15O2P. The normalized spacial score (nSPS) is 16.8. The first-order chi connectivity index (χ1) is 4.48. The Morgan fingerprint density at radius 2 is 2.20 bits per heavy atom. The van der Waals surface area contributed by atoms with Crippen molar-refractivity contribution in [2.75, 3.05) is 12.8 Å². The highest BCUT2D eigenvalue weighted by atomic mass is 31.2. The second kappa shape index (κ2) is 3.95. The van der Waals surface area contributed by atoms with Crippen molar-refractivity contribution in [1.29, 1.82) is 0 Å². The lowest BCUT2D eigenvalue weighted by atomic mass is 10.5. The first-order valence-electron chi connectivity index (χ1n) is 3.34. The Bertz CT molecular complexity index is 152. The molecule has 0 bridgehead atoms. The third-order valence-corrected chi connectivity index (χ3v) is 2.68. The summed E-state index contributed by atoms with van der Waals surface area (Å²) in [7, 11) is -2.37. The average Bonchev–Trinajstić information content (AvgIpc) is 1.59. The third kappa shape index (κ3) is 4.78. The molecule has 0 aliphatic heterocycles. The van der Waals surface area contributed by atoms with Crippen molar-refractivity contribution in [1.82, 2.24) is 0 Å². The minimum absolute atomic E-state index is 0.0378. The van der Waals surface area contributed by atoms with Crippen molar-refractivity contribution < 1.29 is 9.09 Å². The summed E-state index contributed by atoms with van der Waals surface area (Å²) in [5.74, 6) is 0. The van der Waals surface area contributed by atoms with Crippen molar-refractivity contribution in [2.24, 2.45) is 0 Å². The average molecular weight is 162 g/mol. The fourth-order valence-corrected chi connectivity index (χ4v) is 2.17. The van der Waals surface area contributed by atoms with Gasteiger partial charge in [-0.3, -0.25) is 4.57 Å². The molecule has 0 saturated heterocycles. The van der Waals surface area contributed by atoms with Crippen LogP contribution in [0.2, 0.25) is 0 Å². The van der Waals surface area contributed by atoms with Gasteiger partial charge in [-0.15, -0.1) is 6.58 Å². The molecule has 10 heavy (non-hydrogen) atoms. The SMILES string of the molecule is C=CCP(C)(=O)OC(C)C. The minimum Gasteiger partial charge on any atom is -0.326 e. The van der Waals surface area contributed by atoms with E-state index in [0.29, 0.717) is 6.16 Å². The Morgan fingerprint density at radius 3 is 2.50 bits per heavy atom. The smallest absolute Gasteiger partial charge is 0.204 e. The molecule has 1 unspecified atom stereocenters. The maximum absolute atomic E-state index is 11.3. The van der Waals surface area contributed by atoms with Gasteiger partial charge in [0.15, 0.2) is 0 Å². The highest BCUT2D eigenvalue weighted by Crippen LogP contribution is 2.43. The lowest BCUT2D eigenvalue weighted by Gasteiger charge is -2.14. The van der Waals surface area contributed by atoms with Gasteiger partial charge in [0.05, 0.1) is 6.10 Å². The van der Waals surface area contributed by atoms with Crippen molar-refractivity contribution in [3.8, 4) is 0 Å². The summed E-state index contributed by atoms with van der Waals surface area (Å²) in [4.78, 5) is 0. The second-order valence-corrected chi connectivity index (χ2v) is 5.24. The van der Waals surface area contributed by atoms with Gasteiger partial charge in [0.25, 0.3) is 0 Å². The van der Waals surface area contributed by atoms with E-state index >= 15 is 0 Å². The van der Waals surface area contributed by atoms with Crippen molar-refractivity contribution in [3.05, 3.63) is 12.7 Å². The van der Waals surface area contributed by atoms with Crippen LogP contribution >= 0.6 is 7.37 Å². The highest BCUT2D eigenvalue weighted by molar-refractivity contribution is 7.58. The molecule has 0 aromatic heterocycles. The number of hydrogen-bond donors (Lipinski definition) is 0. The first kappa shape index (κ1) is 9.93. The number of rotatable bonds is 4. The van der Waals surface area contributed by atoms with Crippen molar-refractivity contribution in [3.63, 3.8) is 0 Å². The quantitative estimate of drug-likeness (QED) is 0.469. The minimum atomic E-state index is -2.37. The zero-order valence-electron chi connectivity index (χ0n) is 6.83. The molecule has 3 heteroatoms. The molecule has 0 saturated carbocycles. The van der Waals surface area contributed by atoms with Crippen LogP contribution in [0.3, 0.4) is 0 Å². The summed E-state index contributed by atoms with van der Waals surface area (Å²) in [5, 5.41) is 0. The highest BCUT2D eigenvalue weighted by Gasteiger charge is 2.14. The van der Waals surface area contributed by atoms with E-state index in [-0.39, 0.29) is 6.10 Å². The van der Waals surface area contributed by atoms with Crippen LogP contribution in [0.25, 0.3) is 0 Å². The molecule has 1 atom stereocenters. The zero-order valence-corrected chi connectivity index (χ0v) is 7.73. The summed E-state index contributed by atoms with van der Waals surface area (Å²) in [5.41, 5.74) is 0. The van der Waals surface area contributed by atoms with E-state index in [1.807, 2.05) is 13.8 Å². The Kier molecular flexibility index (Phi) is 3.92. The topological polar surface area (TPSA) is 26.3 Å². The molecule has 0 radical (unpaired) electrons. The predicted molar refractivity (Wildman–Crippen MR) is 44.8 cm³/mol. The summed E-state index contributed by atoms with van der Waals surface area (Å²) in [6.45, 7) is 8.88. The molecule has 0 amide bonds. The standard InChI is InChI=1S/C7H15O2P/c1-5-6-10(4,8)9-7(2)3/h5,7H,1,6H2,2-4H3. The number of hydrogen-bond acceptors (Lipinski definition) is 2. The van der Waals surface area contributed by atoms with E-state index in [1.54, 1.807) is 12.7 Å². The Labute approximate surface area is 62.7 Å². The van der Waals surface area contributed by atoms with E-state index in [2.05, 4.69) is 6.58 Å². The molecule has 0 aromatic rings. The third-order valence-electron chi connectivity index (χ3n) is 0.895. The molecule has 2 nitrogen and oxygen atoms in total. The van der Waals surface area contributed by atoms with Crippen LogP contribution in [0.1, 0.15) is 13.8 Å². The van der Waals surface area contributed by atoms with Crippen LogP contribution in [0, 0.1) is 0 Å². The molecule has 0 spiro atoms. The van der Waals surface area contributed by atoms with Crippen LogP contribution in [-0.2, 0) is 9.09 Å². The molecule has 0 fully saturated rings. The summed E-state index contributed by atoms with van der Waals surface area (Å²) < 4.78 is 16.5. The fraction of sp³-hybridized carbons (Fsp3) is 0.714. The lowest BCUT2D eigenvalue weighted by Crippen LogP contribution is -2.00. The van der Waals surface area contributed by atoms with Crippen LogP contribution in [-0.4, -0.2) is 18.9 Å². The molecule has 0 rings (SSSR count). The summed E-state index contributed by atoms with van der Waals surface area (Å²) >= 11 is 0. The molecule has 0 heterocycles. The van der Waals surface area contributed by atoms with Gasteiger partial charge in [-0.1, -0.05) is 6.08 Å². The molecule has 0 aromatic carbocycles. The first-order valence-corrected chi connectivity index (χ1v) is 5.59. The van der Waals surface area contributed by atoms with E-state index < -0.39 is 7.37 Å². The summed E-state index contributed by atoms with van der Waals surface area (Å²) in [6.07, 6.45) is 2.13.